The van der Waals surface area contributed by atoms with Gasteiger partial charge in [0.1, 0.15) is 24.2 Å². The van der Waals surface area contributed by atoms with Crippen molar-refractivity contribution < 1.29 is 24.3 Å². The zero-order chi connectivity index (χ0) is 20.0. The van der Waals surface area contributed by atoms with E-state index in [4.69, 9.17) is 9.47 Å². The fraction of sp³-hybridized carbons (Fsp3) is 0.316. The van der Waals surface area contributed by atoms with Crippen LogP contribution in [0.1, 0.15) is 15.9 Å². The molecule has 0 spiro atoms. The monoisotopic (exact) mass is 374 g/mol. The molecule has 0 aliphatic heterocycles. The van der Waals surface area contributed by atoms with Crippen LogP contribution >= 0.6 is 0 Å². The van der Waals surface area contributed by atoms with Gasteiger partial charge in [-0.05, 0) is 37.3 Å². The second-order valence-corrected chi connectivity index (χ2v) is 6.03. The van der Waals surface area contributed by atoms with Gasteiger partial charge >= 0.3 is 0 Å². The first-order valence-corrected chi connectivity index (χ1v) is 8.28. The number of likely N-dealkylation sites (N-methyl/N-ethyl adjacent to an activating group) is 1. The van der Waals surface area contributed by atoms with Crippen LogP contribution in [0.4, 0.5) is 5.69 Å². The highest BCUT2D eigenvalue weighted by atomic mass is 16.6. The van der Waals surface area contributed by atoms with Crippen LogP contribution < -0.4 is 9.47 Å². The predicted octanol–water partition coefficient (Wildman–Crippen LogP) is 2.42. The Morgan fingerprint density at radius 3 is 2.44 bits per heavy atom. The van der Waals surface area contributed by atoms with E-state index in [0.29, 0.717) is 17.1 Å². The summed E-state index contributed by atoms with van der Waals surface area (Å²) in [6.45, 7) is 1.55. The van der Waals surface area contributed by atoms with Crippen molar-refractivity contribution in [2.45, 2.75) is 13.0 Å². The topological polar surface area (TPSA) is 102 Å². The van der Waals surface area contributed by atoms with Crippen LogP contribution in [0.3, 0.4) is 0 Å². The Balaban J connectivity index is 1.95. The van der Waals surface area contributed by atoms with Crippen LogP contribution in [-0.2, 0) is 0 Å². The number of carbonyl (C=O) groups is 1. The third-order valence-corrected chi connectivity index (χ3v) is 4.07. The fourth-order valence-electron chi connectivity index (χ4n) is 2.57. The van der Waals surface area contributed by atoms with E-state index in [0.717, 1.165) is 0 Å². The average molecular weight is 374 g/mol. The molecule has 2 aromatic carbocycles. The molecule has 144 valence electrons. The van der Waals surface area contributed by atoms with Crippen LogP contribution in [0.25, 0.3) is 0 Å². The molecule has 0 bridgehead atoms. The minimum Gasteiger partial charge on any atom is -0.497 e. The molecule has 2 aromatic rings. The minimum atomic E-state index is -0.917. The van der Waals surface area contributed by atoms with Gasteiger partial charge < -0.3 is 19.5 Å². The van der Waals surface area contributed by atoms with E-state index in [1.54, 1.807) is 31.4 Å². The summed E-state index contributed by atoms with van der Waals surface area (Å²) in [7, 11) is 3.09. The molecule has 0 aliphatic carbocycles. The van der Waals surface area contributed by atoms with Gasteiger partial charge in [-0.15, -0.1) is 0 Å². The van der Waals surface area contributed by atoms with Crippen molar-refractivity contribution in [3.05, 3.63) is 63.7 Å². The molecular formula is C19H22N2O6. The van der Waals surface area contributed by atoms with Crippen molar-refractivity contribution >= 4 is 11.6 Å². The first kappa shape index (κ1) is 20.2. The number of nitrogens with zero attached hydrogens (tertiary/aromatic N) is 2. The van der Waals surface area contributed by atoms with Gasteiger partial charge in [0.25, 0.3) is 11.6 Å². The maximum atomic E-state index is 12.6. The molecule has 8 nitrogen and oxygen atoms in total. The Kier molecular flexibility index (Phi) is 6.73. The number of methoxy groups -OCH3 is 1. The number of aliphatic hydroxyl groups is 1. The molecule has 0 saturated carbocycles. The highest BCUT2D eigenvalue weighted by Gasteiger charge is 2.22. The highest BCUT2D eigenvalue weighted by molar-refractivity contribution is 5.96. The zero-order valence-corrected chi connectivity index (χ0v) is 15.4. The molecule has 1 amide bonds. The van der Waals surface area contributed by atoms with Gasteiger partial charge in [-0.1, -0.05) is 6.07 Å². The number of nitro benzene ring substituents is 1. The molecule has 0 radical (unpaired) electrons. The van der Waals surface area contributed by atoms with Crippen molar-refractivity contribution in [2.24, 2.45) is 0 Å². The standard InChI is InChI=1S/C19H22N2O6/c1-13-17(5-4-6-18(13)21(24)25)19(23)20(2)11-14(22)12-27-16-9-7-15(26-3)8-10-16/h4-10,14,22H,11-12H2,1-3H3. The first-order chi connectivity index (χ1) is 12.8. The molecule has 0 aromatic heterocycles. The quantitative estimate of drug-likeness (QED) is 0.562. The summed E-state index contributed by atoms with van der Waals surface area (Å²) in [4.78, 5) is 24.4. The molecule has 27 heavy (non-hydrogen) atoms. The summed E-state index contributed by atoms with van der Waals surface area (Å²) in [6, 6.07) is 11.3. The summed E-state index contributed by atoms with van der Waals surface area (Å²) in [5, 5.41) is 21.2. The maximum Gasteiger partial charge on any atom is 0.273 e. The highest BCUT2D eigenvalue weighted by Crippen LogP contribution is 2.22. The maximum absolute atomic E-state index is 12.6. The number of nitro groups is 1. The lowest BCUT2D eigenvalue weighted by Crippen LogP contribution is -2.37. The van der Waals surface area contributed by atoms with E-state index >= 15 is 0 Å². The minimum absolute atomic E-state index is 0.00211. The molecule has 0 saturated heterocycles. The van der Waals surface area contributed by atoms with Gasteiger partial charge in [0, 0.05) is 30.8 Å². The average Bonchev–Trinajstić information content (AvgIpc) is 2.66. The summed E-state index contributed by atoms with van der Waals surface area (Å²) in [5.74, 6) is 0.860. The Hall–Kier alpha value is -3.13. The van der Waals surface area contributed by atoms with Crippen molar-refractivity contribution in [1.29, 1.82) is 0 Å². The lowest BCUT2D eigenvalue weighted by atomic mass is 10.1. The van der Waals surface area contributed by atoms with E-state index in [2.05, 4.69) is 0 Å². The third kappa shape index (κ3) is 5.18. The molecule has 0 aliphatic rings. The molecule has 1 unspecified atom stereocenters. The number of aliphatic hydroxyl groups excluding tert-OH is 1. The smallest absolute Gasteiger partial charge is 0.273 e. The Morgan fingerprint density at radius 2 is 1.85 bits per heavy atom. The first-order valence-electron chi connectivity index (χ1n) is 8.28. The summed E-state index contributed by atoms with van der Waals surface area (Å²) in [5.41, 5.74) is 0.413. The number of amides is 1. The number of ether oxygens (including phenoxy) is 2. The Bertz CT molecular complexity index is 806. The number of benzene rings is 2. The number of carbonyl (C=O) groups excluding carboxylic acids is 1. The van der Waals surface area contributed by atoms with Gasteiger partial charge in [-0.3, -0.25) is 14.9 Å². The summed E-state index contributed by atoms with van der Waals surface area (Å²) in [6.07, 6.45) is -0.917. The summed E-state index contributed by atoms with van der Waals surface area (Å²) >= 11 is 0. The molecule has 2 rings (SSSR count). The third-order valence-electron chi connectivity index (χ3n) is 4.07. The van der Waals surface area contributed by atoms with Crippen molar-refractivity contribution in [1.82, 2.24) is 4.90 Å². The number of hydrogen-bond donors (Lipinski definition) is 1. The number of hydrogen-bond acceptors (Lipinski definition) is 6. The molecule has 0 fully saturated rings. The van der Waals surface area contributed by atoms with E-state index in [9.17, 15) is 20.0 Å². The van der Waals surface area contributed by atoms with Gasteiger partial charge in [-0.25, -0.2) is 0 Å². The van der Waals surface area contributed by atoms with E-state index in [1.807, 2.05) is 0 Å². The van der Waals surface area contributed by atoms with Crippen LogP contribution in [0.5, 0.6) is 11.5 Å². The van der Waals surface area contributed by atoms with E-state index in [-0.39, 0.29) is 24.4 Å². The number of rotatable bonds is 8. The van der Waals surface area contributed by atoms with Gasteiger partial charge in [-0.2, -0.15) is 0 Å². The second-order valence-electron chi connectivity index (χ2n) is 6.03. The van der Waals surface area contributed by atoms with Crippen molar-refractivity contribution in [3.63, 3.8) is 0 Å². The van der Waals surface area contributed by atoms with Gasteiger partial charge in [0.05, 0.1) is 12.0 Å². The van der Waals surface area contributed by atoms with Crippen molar-refractivity contribution in [3.8, 4) is 11.5 Å². The van der Waals surface area contributed by atoms with Crippen LogP contribution in [0, 0.1) is 17.0 Å². The van der Waals surface area contributed by atoms with E-state index in [1.165, 1.54) is 37.1 Å². The predicted molar refractivity (Wildman–Crippen MR) is 99.3 cm³/mol. The summed E-state index contributed by atoms with van der Waals surface area (Å²) < 4.78 is 10.6. The van der Waals surface area contributed by atoms with Gasteiger partial charge in [0.15, 0.2) is 0 Å². The Labute approximate surface area is 157 Å². The van der Waals surface area contributed by atoms with Crippen LogP contribution in [0.2, 0.25) is 0 Å². The molecule has 0 heterocycles. The van der Waals surface area contributed by atoms with Gasteiger partial charge in [0.2, 0.25) is 0 Å². The Morgan fingerprint density at radius 1 is 1.22 bits per heavy atom. The lowest BCUT2D eigenvalue weighted by Gasteiger charge is -2.22. The molecule has 1 N–H and O–H groups in total. The largest absolute Gasteiger partial charge is 0.497 e. The SMILES string of the molecule is COc1ccc(OCC(O)CN(C)C(=O)c2cccc([N+](=O)[O-])c2C)cc1. The van der Waals surface area contributed by atoms with Crippen LogP contribution in [-0.4, -0.2) is 54.3 Å². The zero-order valence-electron chi connectivity index (χ0n) is 15.4. The second kappa shape index (κ2) is 9.00. The normalized spacial score (nSPS) is 11.6. The van der Waals surface area contributed by atoms with Crippen LogP contribution in [0.15, 0.2) is 42.5 Å². The molecule has 1 atom stereocenters. The lowest BCUT2D eigenvalue weighted by molar-refractivity contribution is -0.385. The molecule has 8 heteroatoms. The fourth-order valence-corrected chi connectivity index (χ4v) is 2.57. The molecular weight excluding hydrogens is 352 g/mol. The van der Waals surface area contributed by atoms with Crippen molar-refractivity contribution in [2.75, 3.05) is 27.3 Å². The van der Waals surface area contributed by atoms with E-state index < -0.39 is 16.9 Å².